The fraction of sp³-hybridized carbons (Fsp3) is 0.222. The van der Waals surface area contributed by atoms with Gasteiger partial charge in [-0.05, 0) is 42.5 Å². The molecule has 1 N–H and O–H groups in total. The Morgan fingerprint density at radius 2 is 1.76 bits per heavy atom. The number of halogens is 2. The summed E-state index contributed by atoms with van der Waals surface area (Å²) in [6.07, 6.45) is 0. The molecule has 0 saturated carbocycles. The molecule has 0 aliphatic heterocycles. The van der Waals surface area contributed by atoms with Gasteiger partial charge in [0.15, 0.2) is 5.82 Å². The maximum Gasteiger partial charge on any atom is 0.345 e. The van der Waals surface area contributed by atoms with E-state index in [1.807, 2.05) is 0 Å². The number of benzene rings is 2. The molecule has 154 valence electrons. The van der Waals surface area contributed by atoms with Crippen LogP contribution in [0.4, 0.5) is 8.78 Å². The summed E-state index contributed by atoms with van der Waals surface area (Å²) >= 11 is 0. The Hall–Kier alpha value is -3.05. The standard InChI is InChI=1S/C18H18F2N4O4S/c1-23-17(12-3-5-13(19)6-4-12)22-24(18(23)25)10-9-21-29(26,27)16-11-14(20)7-8-15(16)28-2/h3-8,11,21H,9-10H2,1-2H3. The topological polar surface area (TPSA) is 95.2 Å². The zero-order valence-corrected chi connectivity index (χ0v) is 16.4. The fourth-order valence-electron chi connectivity index (χ4n) is 2.71. The summed E-state index contributed by atoms with van der Waals surface area (Å²) in [6, 6.07) is 8.62. The summed E-state index contributed by atoms with van der Waals surface area (Å²) in [7, 11) is -1.29. The van der Waals surface area contributed by atoms with Gasteiger partial charge in [0.05, 0.1) is 13.7 Å². The number of nitrogens with zero attached hydrogens (tertiary/aromatic N) is 3. The number of aromatic nitrogens is 3. The molecule has 2 aromatic carbocycles. The average molecular weight is 424 g/mol. The minimum absolute atomic E-state index is 0.00695. The molecule has 0 radical (unpaired) electrons. The Bertz CT molecular complexity index is 1190. The minimum atomic E-state index is -4.08. The molecule has 11 heteroatoms. The number of nitrogens with one attached hydrogen (secondary N) is 1. The van der Waals surface area contributed by atoms with E-state index in [-0.39, 0.29) is 23.7 Å². The molecule has 0 fully saturated rings. The zero-order chi connectivity index (χ0) is 21.2. The van der Waals surface area contributed by atoms with E-state index < -0.39 is 27.3 Å². The van der Waals surface area contributed by atoms with Crippen LogP contribution in [0.5, 0.6) is 5.75 Å². The predicted molar refractivity (Wildman–Crippen MR) is 101 cm³/mol. The second-order valence-corrected chi connectivity index (χ2v) is 7.82. The number of sulfonamides is 1. The molecular formula is C18H18F2N4O4S. The van der Waals surface area contributed by atoms with Gasteiger partial charge >= 0.3 is 5.69 Å². The average Bonchev–Trinajstić information content (AvgIpc) is 2.97. The summed E-state index contributed by atoms with van der Waals surface area (Å²) in [4.78, 5) is 12.0. The summed E-state index contributed by atoms with van der Waals surface area (Å²) in [6.45, 7) is -0.230. The van der Waals surface area contributed by atoms with Crippen LogP contribution in [-0.4, -0.2) is 36.4 Å². The van der Waals surface area contributed by atoms with Crippen LogP contribution in [0, 0.1) is 11.6 Å². The Morgan fingerprint density at radius 1 is 1.10 bits per heavy atom. The molecule has 8 nitrogen and oxygen atoms in total. The van der Waals surface area contributed by atoms with E-state index in [1.165, 1.54) is 49.1 Å². The van der Waals surface area contributed by atoms with Crippen molar-refractivity contribution in [2.24, 2.45) is 7.05 Å². The highest BCUT2D eigenvalue weighted by molar-refractivity contribution is 7.89. The number of ether oxygens (including phenoxy) is 1. The van der Waals surface area contributed by atoms with Gasteiger partial charge in [0, 0.05) is 19.2 Å². The normalized spacial score (nSPS) is 11.6. The highest BCUT2D eigenvalue weighted by Gasteiger charge is 2.20. The van der Waals surface area contributed by atoms with E-state index in [1.54, 1.807) is 0 Å². The summed E-state index contributed by atoms with van der Waals surface area (Å²) in [5, 5.41) is 4.17. The molecule has 0 atom stereocenters. The minimum Gasteiger partial charge on any atom is -0.495 e. The van der Waals surface area contributed by atoms with Crippen molar-refractivity contribution in [2.75, 3.05) is 13.7 Å². The van der Waals surface area contributed by atoms with Crippen molar-refractivity contribution in [3.63, 3.8) is 0 Å². The van der Waals surface area contributed by atoms with Gasteiger partial charge in [0.25, 0.3) is 0 Å². The van der Waals surface area contributed by atoms with E-state index in [0.29, 0.717) is 11.4 Å². The first-order valence-electron chi connectivity index (χ1n) is 8.46. The van der Waals surface area contributed by atoms with E-state index >= 15 is 0 Å². The lowest BCUT2D eigenvalue weighted by Crippen LogP contribution is -2.32. The van der Waals surface area contributed by atoms with Crippen LogP contribution in [0.15, 0.2) is 52.2 Å². The second kappa shape index (κ2) is 8.13. The van der Waals surface area contributed by atoms with Crippen molar-refractivity contribution in [1.29, 1.82) is 0 Å². The molecule has 29 heavy (non-hydrogen) atoms. The third-order valence-electron chi connectivity index (χ3n) is 4.17. The van der Waals surface area contributed by atoms with Gasteiger partial charge in [-0.15, -0.1) is 5.10 Å². The van der Waals surface area contributed by atoms with Crippen LogP contribution >= 0.6 is 0 Å². The van der Waals surface area contributed by atoms with E-state index in [9.17, 15) is 22.0 Å². The smallest absolute Gasteiger partial charge is 0.345 e. The molecule has 0 saturated heterocycles. The van der Waals surface area contributed by atoms with Gasteiger partial charge in [0.2, 0.25) is 10.0 Å². The zero-order valence-electron chi connectivity index (χ0n) is 15.6. The van der Waals surface area contributed by atoms with E-state index in [2.05, 4.69) is 9.82 Å². The van der Waals surface area contributed by atoms with Crippen molar-refractivity contribution < 1.29 is 21.9 Å². The number of methoxy groups -OCH3 is 1. The lowest BCUT2D eigenvalue weighted by Gasteiger charge is -2.10. The second-order valence-electron chi connectivity index (χ2n) is 6.09. The first kappa shape index (κ1) is 20.7. The monoisotopic (exact) mass is 424 g/mol. The highest BCUT2D eigenvalue weighted by atomic mass is 32.2. The van der Waals surface area contributed by atoms with Crippen LogP contribution in [0.25, 0.3) is 11.4 Å². The molecule has 0 amide bonds. The fourth-order valence-corrected chi connectivity index (χ4v) is 3.91. The predicted octanol–water partition coefficient (Wildman–Crippen LogP) is 1.51. The van der Waals surface area contributed by atoms with Crippen molar-refractivity contribution in [2.45, 2.75) is 11.4 Å². The number of hydrogen-bond acceptors (Lipinski definition) is 5. The van der Waals surface area contributed by atoms with Crippen LogP contribution in [0.2, 0.25) is 0 Å². The van der Waals surface area contributed by atoms with Crippen LogP contribution in [0.3, 0.4) is 0 Å². The first-order chi connectivity index (χ1) is 13.7. The highest BCUT2D eigenvalue weighted by Crippen LogP contribution is 2.24. The number of rotatable bonds is 7. The van der Waals surface area contributed by atoms with Gasteiger partial charge in [-0.25, -0.2) is 31.4 Å². The summed E-state index contributed by atoms with van der Waals surface area (Å²) in [5.41, 5.74) is 0.0710. The van der Waals surface area contributed by atoms with Crippen molar-refractivity contribution in [3.05, 3.63) is 64.6 Å². The Kier molecular flexibility index (Phi) is 5.80. The molecule has 0 aliphatic rings. The maximum atomic E-state index is 13.5. The van der Waals surface area contributed by atoms with Crippen LogP contribution in [0.1, 0.15) is 0 Å². The molecule has 1 heterocycles. The van der Waals surface area contributed by atoms with Gasteiger partial charge in [-0.2, -0.15) is 0 Å². The van der Waals surface area contributed by atoms with Crippen molar-refractivity contribution in [1.82, 2.24) is 19.1 Å². The Balaban J connectivity index is 1.77. The molecular weight excluding hydrogens is 406 g/mol. The molecule has 0 spiro atoms. The maximum absolute atomic E-state index is 13.5. The van der Waals surface area contributed by atoms with Gasteiger partial charge in [0.1, 0.15) is 22.3 Å². The van der Waals surface area contributed by atoms with Gasteiger partial charge < -0.3 is 4.74 Å². The molecule has 0 aliphatic carbocycles. The Morgan fingerprint density at radius 3 is 2.41 bits per heavy atom. The molecule has 0 bridgehead atoms. The van der Waals surface area contributed by atoms with Gasteiger partial charge in [-0.3, -0.25) is 4.57 Å². The lowest BCUT2D eigenvalue weighted by molar-refractivity contribution is 0.400. The van der Waals surface area contributed by atoms with Crippen molar-refractivity contribution in [3.8, 4) is 17.1 Å². The largest absolute Gasteiger partial charge is 0.495 e. The lowest BCUT2D eigenvalue weighted by atomic mass is 10.2. The molecule has 1 aromatic heterocycles. The third kappa shape index (κ3) is 4.35. The SMILES string of the molecule is COc1ccc(F)cc1S(=O)(=O)NCCn1nc(-c2ccc(F)cc2)n(C)c1=O. The van der Waals surface area contributed by atoms with Gasteiger partial charge in [-0.1, -0.05) is 0 Å². The van der Waals surface area contributed by atoms with Crippen LogP contribution in [-0.2, 0) is 23.6 Å². The molecule has 3 rings (SSSR count). The van der Waals surface area contributed by atoms with E-state index in [4.69, 9.17) is 4.74 Å². The van der Waals surface area contributed by atoms with Crippen molar-refractivity contribution >= 4 is 10.0 Å². The summed E-state index contributed by atoms with van der Waals surface area (Å²) < 4.78 is 61.1. The van der Waals surface area contributed by atoms with Crippen LogP contribution < -0.4 is 15.1 Å². The molecule has 0 unspecified atom stereocenters. The quantitative estimate of drug-likeness (QED) is 0.621. The third-order valence-corrected chi connectivity index (χ3v) is 5.66. The first-order valence-corrected chi connectivity index (χ1v) is 9.94. The van der Waals surface area contributed by atoms with E-state index in [0.717, 1.165) is 16.8 Å². The summed E-state index contributed by atoms with van der Waals surface area (Å²) in [5.74, 6) is -0.839. The molecule has 3 aromatic rings. The Labute approximate surface area is 165 Å². The number of hydrogen-bond donors (Lipinski definition) is 1.